The van der Waals surface area contributed by atoms with Crippen molar-refractivity contribution in [3.8, 4) is 0 Å². The number of nitrogens with one attached hydrogen (secondary N) is 1. The smallest absolute Gasteiger partial charge is 0.226 e. The zero-order valence-corrected chi connectivity index (χ0v) is 14.4. The van der Waals surface area contributed by atoms with Crippen molar-refractivity contribution in [2.24, 2.45) is 13.0 Å². The highest BCUT2D eigenvalue weighted by Gasteiger charge is 2.11. The van der Waals surface area contributed by atoms with Gasteiger partial charge in [-0.25, -0.2) is 4.98 Å². The molecule has 1 aromatic heterocycles. The van der Waals surface area contributed by atoms with Gasteiger partial charge in [-0.05, 0) is 30.2 Å². The number of hydrogen-bond acceptors (Lipinski definition) is 2. The molecule has 0 bridgehead atoms. The monoisotopic (exact) mass is 321 g/mol. The Kier molecular flexibility index (Phi) is 4.65. The third-order valence-corrected chi connectivity index (χ3v) is 4.25. The van der Waals surface area contributed by atoms with Gasteiger partial charge in [-0.3, -0.25) is 4.79 Å². The Hall–Kier alpha value is -2.62. The first-order valence-electron chi connectivity index (χ1n) is 8.34. The zero-order valence-electron chi connectivity index (χ0n) is 14.4. The first-order valence-corrected chi connectivity index (χ1v) is 8.34. The highest BCUT2D eigenvalue weighted by atomic mass is 16.1. The van der Waals surface area contributed by atoms with Gasteiger partial charge in [0.25, 0.3) is 0 Å². The lowest BCUT2D eigenvalue weighted by molar-refractivity contribution is -0.118. The Labute approximate surface area is 142 Å². The van der Waals surface area contributed by atoms with Crippen LogP contribution in [-0.4, -0.2) is 15.5 Å². The van der Waals surface area contributed by atoms with Crippen molar-refractivity contribution in [1.29, 1.82) is 0 Å². The SMILES string of the molecule is CC(C)C(=O)Nc1ccc2c(c1)nc(CCc1ccccc1)n2C. The Morgan fingerprint density at radius 1 is 1.12 bits per heavy atom. The number of carbonyl (C=O) groups excluding carboxylic acids is 1. The van der Waals surface area contributed by atoms with E-state index < -0.39 is 0 Å². The summed E-state index contributed by atoms with van der Waals surface area (Å²) >= 11 is 0. The molecule has 0 unspecified atom stereocenters. The van der Waals surface area contributed by atoms with E-state index in [4.69, 9.17) is 4.98 Å². The topological polar surface area (TPSA) is 46.9 Å². The van der Waals surface area contributed by atoms with Crippen LogP contribution in [0, 0.1) is 5.92 Å². The molecule has 0 fully saturated rings. The van der Waals surface area contributed by atoms with Crippen LogP contribution >= 0.6 is 0 Å². The largest absolute Gasteiger partial charge is 0.331 e. The molecular formula is C20H23N3O. The summed E-state index contributed by atoms with van der Waals surface area (Å²) in [7, 11) is 2.04. The minimum atomic E-state index is -0.0362. The minimum absolute atomic E-state index is 0.0228. The third kappa shape index (κ3) is 3.48. The quantitative estimate of drug-likeness (QED) is 0.773. The van der Waals surface area contributed by atoms with Gasteiger partial charge >= 0.3 is 0 Å². The van der Waals surface area contributed by atoms with E-state index >= 15 is 0 Å². The van der Waals surface area contributed by atoms with Crippen LogP contribution in [0.1, 0.15) is 25.2 Å². The van der Waals surface area contributed by atoms with Gasteiger partial charge in [0.1, 0.15) is 5.82 Å². The lowest BCUT2D eigenvalue weighted by Gasteiger charge is -2.07. The summed E-state index contributed by atoms with van der Waals surface area (Å²) in [6, 6.07) is 16.3. The fourth-order valence-corrected chi connectivity index (χ4v) is 2.74. The molecule has 1 heterocycles. The van der Waals surface area contributed by atoms with Crippen LogP contribution in [0.25, 0.3) is 11.0 Å². The van der Waals surface area contributed by atoms with Gasteiger partial charge in [-0.1, -0.05) is 44.2 Å². The van der Waals surface area contributed by atoms with Crippen molar-refractivity contribution in [1.82, 2.24) is 9.55 Å². The molecule has 4 nitrogen and oxygen atoms in total. The van der Waals surface area contributed by atoms with Gasteiger partial charge in [0.2, 0.25) is 5.91 Å². The van der Waals surface area contributed by atoms with Gasteiger partial charge < -0.3 is 9.88 Å². The van der Waals surface area contributed by atoms with E-state index in [1.54, 1.807) is 0 Å². The molecule has 2 aromatic carbocycles. The van der Waals surface area contributed by atoms with Crippen molar-refractivity contribution in [2.45, 2.75) is 26.7 Å². The predicted octanol–water partition coefficient (Wildman–Crippen LogP) is 3.95. The Balaban J connectivity index is 1.80. The summed E-state index contributed by atoms with van der Waals surface area (Å²) in [5.41, 5.74) is 4.12. The lowest BCUT2D eigenvalue weighted by Crippen LogP contribution is -2.17. The molecule has 1 N–H and O–H groups in total. The van der Waals surface area contributed by atoms with E-state index in [1.807, 2.05) is 45.2 Å². The summed E-state index contributed by atoms with van der Waals surface area (Å²) in [4.78, 5) is 16.6. The lowest BCUT2D eigenvalue weighted by atomic mass is 10.1. The van der Waals surface area contributed by atoms with Crippen molar-refractivity contribution in [2.75, 3.05) is 5.32 Å². The van der Waals surface area contributed by atoms with Crippen LogP contribution in [0.3, 0.4) is 0 Å². The summed E-state index contributed by atoms with van der Waals surface area (Å²) in [6.45, 7) is 3.77. The average Bonchev–Trinajstić information content (AvgIpc) is 2.89. The number of imidazole rings is 1. The number of amides is 1. The molecule has 24 heavy (non-hydrogen) atoms. The molecule has 0 aliphatic heterocycles. The molecule has 0 saturated carbocycles. The van der Waals surface area contributed by atoms with E-state index in [9.17, 15) is 4.79 Å². The molecular weight excluding hydrogens is 298 g/mol. The molecule has 0 aliphatic rings. The number of aromatic nitrogens is 2. The number of benzene rings is 2. The molecule has 0 aliphatic carbocycles. The van der Waals surface area contributed by atoms with Crippen molar-refractivity contribution < 1.29 is 4.79 Å². The maximum Gasteiger partial charge on any atom is 0.226 e. The second-order valence-electron chi connectivity index (χ2n) is 6.42. The molecule has 4 heteroatoms. The molecule has 3 rings (SSSR count). The summed E-state index contributed by atoms with van der Waals surface area (Å²) in [6.07, 6.45) is 1.86. The van der Waals surface area contributed by atoms with Gasteiger partial charge in [-0.2, -0.15) is 0 Å². The van der Waals surface area contributed by atoms with Crippen LogP contribution in [-0.2, 0) is 24.7 Å². The van der Waals surface area contributed by atoms with E-state index in [2.05, 4.69) is 34.1 Å². The Morgan fingerprint density at radius 2 is 1.88 bits per heavy atom. The van der Waals surface area contributed by atoms with Crippen molar-refractivity contribution in [3.63, 3.8) is 0 Å². The number of fused-ring (bicyclic) bond motifs is 1. The number of aryl methyl sites for hydroxylation is 3. The number of nitrogens with zero attached hydrogens (tertiary/aromatic N) is 2. The molecule has 0 saturated heterocycles. The number of hydrogen-bond donors (Lipinski definition) is 1. The van der Waals surface area contributed by atoms with E-state index in [1.165, 1.54) is 5.56 Å². The van der Waals surface area contributed by atoms with Crippen molar-refractivity contribution in [3.05, 3.63) is 59.9 Å². The second-order valence-corrected chi connectivity index (χ2v) is 6.42. The minimum Gasteiger partial charge on any atom is -0.331 e. The standard InChI is InChI=1S/C20H23N3O/c1-14(2)20(24)21-16-10-11-18-17(13-16)22-19(23(18)3)12-9-15-7-5-4-6-8-15/h4-8,10-11,13-14H,9,12H2,1-3H3,(H,21,24). The summed E-state index contributed by atoms with van der Waals surface area (Å²) < 4.78 is 2.13. The number of carbonyl (C=O) groups is 1. The van der Waals surface area contributed by atoms with Crippen molar-refractivity contribution >= 4 is 22.6 Å². The molecule has 0 atom stereocenters. The van der Waals surface area contributed by atoms with Gasteiger partial charge in [0.15, 0.2) is 0 Å². The molecule has 0 radical (unpaired) electrons. The normalized spacial score (nSPS) is 11.2. The van der Waals surface area contributed by atoms with Crippen LogP contribution < -0.4 is 5.32 Å². The molecule has 0 spiro atoms. The van der Waals surface area contributed by atoms with Crippen LogP contribution in [0.4, 0.5) is 5.69 Å². The molecule has 124 valence electrons. The zero-order chi connectivity index (χ0) is 17.1. The van der Waals surface area contributed by atoms with E-state index in [0.29, 0.717) is 0 Å². The van der Waals surface area contributed by atoms with Gasteiger partial charge in [0, 0.05) is 25.1 Å². The maximum atomic E-state index is 11.8. The van der Waals surface area contributed by atoms with E-state index in [0.717, 1.165) is 35.4 Å². The predicted molar refractivity (Wildman–Crippen MR) is 98.0 cm³/mol. The van der Waals surface area contributed by atoms with E-state index in [-0.39, 0.29) is 11.8 Å². The fourth-order valence-electron chi connectivity index (χ4n) is 2.74. The first kappa shape index (κ1) is 16.2. The fraction of sp³-hybridized carbons (Fsp3) is 0.300. The van der Waals surface area contributed by atoms with Crippen LogP contribution in [0.15, 0.2) is 48.5 Å². The number of anilines is 1. The second kappa shape index (κ2) is 6.87. The molecule has 1 amide bonds. The highest BCUT2D eigenvalue weighted by Crippen LogP contribution is 2.21. The average molecular weight is 321 g/mol. The summed E-state index contributed by atoms with van der Waals surface area (Å²) in [5.74, 6) is 1.04. The highest BCUT2D eigenvalue weighted by molar-refractivity contribution is 5.94. The summed E-state index contributed by atoms with van der Waals surface area (Å²) in [5, 5.41) is 2.93. The Bertz CT molecular complexity index is 850. The van der Waals surface area contributed by atoms with Crippen LogP contribution in [0.5, 0.6) is 0 Å². The Morgan fingerprint density at radius 3 is 2.58 bits per heavy atom. The molecule has 3 aromatic rings. The maximum absolute atomic E-state index is 11.8. The third-order valence-electron chi connectivity index (χ3n) is 4.25. The number of rotatable bonds is 5. The van der Waals surface area contributed by atoms with Crippen LogP contribution in [0.2, 0.25) is 0 Å². The van der Waals surface area contributed by atoms with Gasteiger partial charge in [0.05, 0.1) is 11.0 Å². The first-order chi connectivity index (χ1) is 11.5. The van der Waals surface area contributed by atoms with Gasteiger partial charge in [-0.15, -0.1) is 0 Å².